The second kappa shape index (κ2) is 8.50. The van der Waals surface area contributed by atoms with Gasteiger partial charge in [-0.15, -0.1) is 0 Å². The lowest BCUT2D eigenvalue weighted by Crippen LogP contribution is -2.49. The number of carbonyl (C=O) groups excluding carboxylic acids is 2. The molecule has 2 N–H and O–H groups in total. The van der Waals surface area contributed by atoms with Crippen LogP contribution in [0.25, 0.3) is 0 Å². The van der Waals surface area contributed by atoms with E-state index in [4.69, 9.17) is 9.47 Å². The van der Waals surface area contributed by atoms with Gasteiger partial charge in [0.05, 0.1) is 20.3 Å². The van der Waals surface area contributed by atoms with E-state index in [2.05, 4.69) is 17.6 Å². The minimum Gasteiger partial charge on any atom is -0.493 e. The van der Waals surface area contributed by atoms with Crippen molar-refractivity contribution in [1.82, 2.24) is 10.6 Å². The highest BCUT2D eigenvalue weighted by molar-refractivity contribution is 5.97. The average Bonchev–Trinajstić information content (AvgIpc) is 3.03. The number of amides is 3. The Bertz CT molecular complexity index is 694. The molecule has 7 heteroatoms. The molecule has 2 fully saturated rings. The number of nitrogens with one attached hydrogen (secondary N) is 2. The first-order valence-corrected chi connectivity index (χ1v) is 9.61. The van der Waals surface area contributed by atoms with Gasteiger partial charge in [0.15, 0.2) is 11.5 Å². The number of rotatable bonds is 5. The Hall–Kier alpha value is -2.44. The van der Waals surface area contributed by atoms with Crippen molar-refractivity contribution in [2.45, 2.75) is 51.1 Å². The summed E-state index contributed by atoms with van der Waals surface area (Å²) < 4.78 is 10.6. The molecule has 3 rings (SSSR count). The number of ether oxygens (including phenoxy) is 2. The van der Waals surface area contributed by atoms with E-state index in [0.717, 1.165) is 24.9 Å². The summed E-state index contributed by atoms with van der Waals surface area (Å²) in [4.78, 5) is 26.5. The summed E-state index contributed by atoms with van der Waals surface area (Å²) in [6.07, 6.45) is 4.86. The van der Waals surface area contributed by atoms with Gasteiger partial charge in [-0.25, -0.2) is 4.79 Å². The van der Waals surface area contributed by atoms with Crippen LogP contribution in [0.4, 0.5) is 10.5 Å². The maximum atomic E-state index is 12.4. The fourth-order valence-electron chi connectivity index (χ4n) is 3.97. The number of hydrogen-bond acceptors (Lipinski definition) is 4. The monoisotopic (exact) mass is 375 g/mol. The molecule has 1 heterocycles. The second-order valence-corrected chi connectivity index (χ2v) is 7.43. The van der Waals surface area contributed by atoms with Crippen LogP contribution in [0, 0.1) is 5.92 Å². The van der Waals surface area contributed by atoms with E-state index in [-0.39, 0.29) is 24.0 Å². The number of anilines is 1. The molecule has 0 aromatic heterocycles. The fourth-order valence-corrected chi connectivity index (χ4v) is 3.97. The Kier molecular flexibility index (Phi) is 6.08. The molecule has 1 aromatic carbocycles. The van der Waals surface area contributed by atoms with Crippen molar-refractivity contribution in [1.29, 1.82) is 0 Å². The lowest BCUT2D eigenvalue weighted by molar-refractivity contribution is -0.117. The number of nitrogens with zero attached hydrogens (tertiary/aromatic N) is 1. The molecule has 148 valence electrons. The van der Waals surface area contributed by atoms with Crippen LogP contribution in [0.1, 0.15) is 39.0 Å². The highest BCUT2D eigenvalue weighted by Crippen LogP contribution is 2.33. The smallest absolute Gasteiger partial charge is 0.315 e. The molecule has 0 spiro atoms. The zero-order valence-corrected chi connectivity index (χ0v) is 16.3. The van der Waals surface area contributed by atoms with Crippen molar-refractivity contribution in [2.75, 3.05) is 25.7 Å². The third-order valence-corrected chi connectivity index (χ3v) is 5.57. The van der Waals surface area contributed by atoms with E-state index >= 15 is 0 Å². The van der Waals surface area contributed by atoms with Gasteiger partial charge in [0.1, 0.15) is 0 Å². The summed E-state index contributed by atoms with van der Waals surface area (Å²) in [6.45, 7) is 2.63. The molecule has 2 aliphatic rings. The predicted molar refractivity (Wildman–Crippen MR) is 103 cm³/mol. The van der Waals surface area contributed by atoms with Gasteiger partial charge < -0.3 is 25.0 Å². The average molecular weight is 375 g/mol. The zero-order chi connectivity index (χ0) is 19.4. The first kappa shape index (κ1) is 19.3. The minimum atomic E-state index is -0.204. The van der Waals surface area contributed by atoms with Gasteiger partial charge >= 0.3 is 6.03 Å². The lowest BCUT2D eigenvalue weighted by atomic mass is 9.86. The van der Waals surface area contributed by atoms with Gasteiger partial charge in [-0.3, -0.25) is 4.79 Å². The molecule has 1 saturated heterocycles. The highest BCUT2D eigenvalue weighted by Gasteiger charge is 2.33. The van der Waals surface area contributed by atoms with E-state index < -0.39 is 0 Å². The Balaban J connectivity index is 1.59. The van der Waals surface area contributed by atoms with Gasteiger partial charge in [0.25, 0.3) is 0 Å². The second-order valence-electron chi connectivity index (χ2n) is 7.43. The molecular weight excluding hydrogens is 346 g/mol. The molecule has 1 aliphatic carbocycles. The predicted octanol–water partition coefficient (Wildman–Crippen LogP) is 2.69. The van der Waals surface area contributed by atoms with Gasteiger partial charge in [-0.05, 0) is 30.9 Å². The molecule has 0 radical (unpaired) electrons. The van der Waals surface area contributed by atoms with Crippen LogP contribution in [-0.4, -0.2) is 44.8 Å². The number of methoxy groups -OCH3 is 2. The Morgan fingerprint density at radius 1 is 1.11 bits per heavy atom. The number of hydrogen-bond donors (Lipinski definition) is 2. The third kappa shape index (κ3) is 4.46. The minimum absolute atomic E-state index is 0.0152. The normalized spacial score (nSPS) is 25.2. The van der Waals surface area contributed by atoms with Gasteiger partial charge in [0.2, 0.25) is 5.91 Å². The molecule has 1 aliphatic heterocycles. The standard InChI is InChI=1S/C20H29N3O4/c1-13-6-4-5-7-16(13)22-20(25)21-14-10-19(24)23(12-14)15-8-9-17(26-2)18(11-15)27-3/h8-9,11,13-14,16H,4-7,10,12H2,1-3H3,(H2,21,22,25)/t13-,14+,16-/m0/s1. The van der Waals surface area contributed by atoms with Gasteiger partial charge in [-0.1, -0.05) is 19.8 Å². The van der Waals surface area contributed by atoms with Crippen molar-refractivity contribution in [2.24, 2.45) is 5.92 Å². The molecule has 0 unspecified atom stereocenters. The number of urea groups is 1. The molecule has 3 amide bonds. The third-order valence-electron chi connectivity index (χ3n) is 5.57. The summed E-state index contributed by atoms with van der Waals surface area (Å²) in [5.41, 5.74) is 0.739. The summed E-state index contributed by atoms with van der Waals surface area (Å²) >= 11 is 0. The van der Waals surface area contributed by atoms with Crippen LogP contribution in [0.2, 0.25) is 0 Å². The van der Waals surface area contributed by atoms with Gasteiger partial charge in [-0.2, -0.15) is 0 Å². The summed E-state index contributed by atoms with van der Waals surface area (Å²) in [5, 5.41) is 6.04. The summed E-state index contributed by atoms with van der Waals surface area (Å²) in [6, 6.07) is 5.22. The van der Waals surface area contributed by atoms with Crippen molar-refractivity contribution in [3.8, 4) is 11.5 Å². The van der Waals surface area contributed by atoms with Crippen molar-refractivity contribution >= 4 is 17.6 Å². The van der Waals surface area contributed by atoms with Crippen molar-refractivity contribution in [3.63, 3.8) is 0 Å². The number of benzene rings is 1. The Labute approximate surface area is 160 Å². The Morgan fingerprint density at radius 3 is 2.56 bits per heavy atom. The summed E-state index contributed by atoms with van der Waals surface area (Å²) in [5.74, 6) is 1.67. The van der Waals surface area contributed by atoms with Crippen LogP contribution >= 0.6 is 0 Å². The summed E-state index contributed by atoms with van der Waals surface area (Å²) in [7, 11) is 3.14. The van der Waals surface area contributed by atoms with Crippen molar-refractivity contribution < 1.29 is 19.1 Å². The van der Waals surface area contributed by atoms with E-state index in [1.54, 1.807) is 31.3 Å². The molecule has 0 bridgehead atoms. The SMILES string of the molecule is COc1ccc(N2C[C@H](NC(=O)N[C@H]3CCCC[C@@H]3C)CC2=O)cc1OC. The lowest BCUT2D eigenvalue weighted by Gasteiger charge is -2.30. The molecule has 1 aromatic rings. The molecule has 3 atom stereocenters. The molecule has 7 nitrogen and oxygen atoms in total. The first-order chi connectivity index (χ1) is 13.0. The van der Waals surface area contributed by atoms with E-state index in [1.165, 1.54) is 6.42 Å². The zero-order valence-electron chi connectivity index (χ0n) is 16.3. The van der Waals surface area contributed by atoms with Crippen molar-refractivity contribution in [3.05, 3.63) is 18.2 Å². The number of carbonyl (C=O) groups is 2. The fraction of sp³-hybridized carbons (Fsp3) is 0.600. The van der Waals surface area contributed by atoms with Crippen LogP contribution in [0.3, 0.4) is 0 Å². The maximum Gasteiger partial charge on any atom is 0.315 e. The first-order valence-electron chi connectivity index (χ1n) is 9.61. The van der Waals surface area contributed by atoms with E-state index in [1.807, 2.05) is 6.07 Å². The Morgan fingerprint density at radius 2 is 1.85 bits per heavy atom. The van der Waals surface area contributed by atoms with E-state index in [0.29, 0.717) is 30.4 Å². The van der Waals surface area contributed by atoms with Crippen LogP contribution in [0.15, 0.2) is 18.2 Å². The molecule has 1 saturated carbocycles. The highest BCUT2D eigenvalue weighted by atomic mass is 16.5. The maximum absolute atomic E-state index is 12.4. The molecule has 27 heavy (non-hydrogen) atoms. The van der Waals surface area contributed by atoms with Gasteiger partial charge in [0, 0.05) is 30.8 Å². The topological polar surface area (TPSA) is 79.9 Å². The van der Waals surface area contributed by atoms with E-state index in [9.17, 15) is 9.59 Å². The van der Waals surface area contributed by atoms with Crippen LogP contribution in [-0.2, 0) is 4.79 Å². The quantitative estimate of drug-likeness (QED) is 0.829. The molecular formula is C20H29N3O4. The largest absolute Gasteiger partial charge is 0.493 e. The van der Waals surface area contributed by atoms with Crippen LogP contribution < -0.4 is 25.0 Å². The van der Waals surface area contributed by atoms with Crippen LogP contribution in [0.5, 0.6) is 11.5 Å².